The molecule has 0 bridgehead atoms. The molecule has 0 spiro atoms. The second-order valence-corrected chi connectivity index (χ2v) is 8.87. The van der Waals surface area contributed by atoms with Crippen molar-refractivity contribution in [3.05, 3.63) is 110 Å². The second kappa shape index (κ2) is 11.0. The van der Waals surface area contributed by atoms with Crippen LogP contribution < -0.4 is 10.6 Å². The van der Waals surface area contributed by atoms with Crippen LogP contribution in [0.5, 0.6) is 0 Å². The van der Waals surface area contributed by atoms with Crippen LogP contribution in [-0.2, 0) is 11.2 Å². The molecular formula is C26H19BrN4O6. The Kier molecular flexibility index (Phi) is 7.54. The molecule has 1 aromatic heterocycles. The Hall–Kier alpha value is -4.64. The smallest absolute Gasteiger partial charge is 0.326 e. The van der Waals surface area contributed by atoms with Gasteiger partial charge in [-0.25, -0.2) is 4.79 Å². The minimum atomic E-state index is -1.29. The van der Waals surface area contributed by atoms with Crippen molar-refractivity contribution in [1.82, 2.24) is 10.3 Å². The number of fused-ring (bicyclic) bond motifs is 1. The van der Waals surface area contributed by atoms with Crippen molar-refractivity contribution < 1.29 is 24.4 Å². The van der Waals surface area contributed by atoms with Gasteiger partial charge in [0.2, 0.25) is 0 Å². The standard InChI is InChI=1S/C26H19BrN4O6/c27-21-10-9-17(31(36)37)14-20(21)25(33)30-23(26(34)35)13-15-5-7-16(8-6-15)29-24(32)19-11-12-28-22-4-2-1-3-18(19)22/h1-12,14,23H,13H2,(H,29,32)(H,30,33)(H,34,35). The Morgan fingerprint density at radius 3 is 2.41 bits per heavy atom. The van der Waals surface area contributed by atoms with Crippen LogP contribution >= 0.6 is 15.9 Å². The summed E-state index contributed by atoms with van der Waals surface area (Å²) in [7, 11) is 0. The highest BCUT2D eigenvalue weighted by Gasteiger charge is 2.24. The summed E-state index contributed by atoms with van der Waals surface area (Å²) < 4.78 is 0.293. The normalized spacial score (nSPS) is 11.5. The topological polar surface area (TPSA) is 152 Å². The molecule has 3 N–H and O–H groups in total. The maximum absolute atomic E-state index is 12.8. The molecule has 1 heterocycles. The number of benzene rings is 3. The lowest BCUT2D eigenvalue weighted by Gasteiger charge is -2.16. The van der Waals surface area contributed by atoms with Crippen LogP contribution in [0, 0.1) is 10.1 Å². The highest BCUT2D eigenvalue weighted by molar-refractivity contribution is 9.10. The Balaban J connectivity index is 1.45. The fourth-order valence-electron chi connectivity index (χ4n) is 3.69. The van der Waals surface area contributed by atoms with Gasteiger partial charge >= 0.3 is 5.97 Å². The van der Waals surface area contributed by atoms with Crippen LogP contribution in [-0.4, -0.2) is 38.8 Å². The number of pyridine rings is 1. The second-order valence-electron chi connectivity index (χ2n) is 8.02. The van der Waals surface area contributed by atoms with Crippen LogP contribution in [0.4, 0.5) is 11.4 Å². The number of hydrogen-bond acceptors (Lipinski definition) is 6. The average Bonchev–Trinajstić information content (AvgIpc) is 2.89. The van der Waals surface area contributed by atoms with E-state index < -0.39 is 22.8 Å². The quantitative estimate of drug-likeness (QED) is 0.210. The number of aromatic nitrogens is 1. The van der Waals surface area contributed by atoms with Crippen molar-refractivity contribution in [1.29, 1.82) is 0 Å². The zero-order chi connectivity index (χ0) is 26.5. The van der Waals surface area contributed by atoms with Crippen molar-refractivity contribution in [2.24, 2.45) is 0 Å². The largest absolute Gasteiger partial charge is 0.480 e. The number of rotatable bonds is 8. The van der Waals surface area contributed by atoms with Gasteiger partial charge in [0.1, 0.15) is 6.04 Å². The summed E-state index contributed by atoms with van der Waals surface area (Å²) in [5, 5.41) is 26.6. The van der Waals surface area contributed by atoms with Crippen molar-refractivity contribution in [2.75, 3.05) is 5.32 Å². The first-order chi connectivity index (χ1) is 17.7. The first kappa shape index (κ1) is 25.5. The fraction of sp³-hybridized carbons (Fsp3) is 0.0769. The van der Waals surface area contributed by atoms with Gasteiger partial charge in [0.25, 0.3) is 17.5 Å². The molecule has 11 heteroatoms. The van der Waals surface area contributed by atoms with Gasteiger partial charge in [-0.3, -0.25) is 24.7 Å². The molecule has 0 aliphatic carbocycles. The van der Waals surface area contributed by atoms with Gasteiger partial charge in [-0.1, -0.05) is 30.3 Å². The molecule has 37 heavy (non-hydrogen) atoms. The number of non-ortho nitro benzene ring substituents is 1. The van der Waals surface area contributed by atoms with Gasteiger partial charge in [0, 0.05) is 40.3 Å². The van der Waals surface area contributed by atoms with E-state index in [0.29, 0.717) is 26.8 Å². The molecular weight excluding hydrogens is 544 g/mol. The number of carbonyl (C=O) groups is 3. The van der Waals surface area contributed by atoms with E-state index in [4.69, 9.17) is 0 Å². The molecule has 0 radical (unpaired) electrons. The summed E-state index contributed by atoms with van der Waals surface area (Å²) in [6.07, 6.45) is 1.52. The highest BCUT2D eigenvalue weighted by Crippen LogP contribution is 2.23. The molecule has 1 atom stereocenters. The number of nitro groups is 1. The minimum Gasteiger partial charge on any atom is -0.480 e. The van der Waals surface area contributed by atoms with Gasteiger partial charge < -0.3 is 15.7 Å². The predicted molar refractivity (Wildman–Crippen MR) is 140 cm³/mol. The number of hydrogen-bond donors (Lipinski definition) is 3. The molecule has 0 aliphatic heterocycles. The maximum Gasteiger partial charge on any atom is 0.326 e. The SMILES string of the molecule is O=C(NC(Cc1ccc(NC(=O)c2ccnc3ccccc23)cc1)C(=O)O)c1cc([N+](=O)[O-])ccc1Br. The van der Waals surface area contributed by atoms with E-state index in [1.54, 1.807) is 36.5 Å². The van der Waals surface area contributed by atoms with E-state index in [1.165, 1.54) is 12.1 Å². The van der Waals surface area contributed by atoms with Gasteiger partial charge in [-0.15, -0.1) is 0 Å². The number of para-hydroxylation sites is 1. The summed E-state index contributed by atoms with van der Waals surface area (Å²) in [5.74, 6) is -2.35. The maximum atomic E-state index is 12.8. The molecule has 0 aliphatic rings. The molecule has 0 saturated heterocycles. The van der Waals surface area contributed by atoms with Crippen molar-refractivity contribution >= 4 is 56.0 Å². The van der Waals surface area contributed by atoms with Crippen molar-refractivity contribution in [3.8, 4) is 0 Å². The first-order valence-corrected chi connectivity index (χ1v) is 11.7. The zero-order valence-electron chi connectivity index (χ0n) is 19.1. The highest BCUT2D eigenvalue weighted by atomic mass is 79.9. The van der Waals surface area contributed by atoms with E-state index in [9.17, 15) is 29.6 Å². The van der Waals surface area contributed by atoms with Gasteiger partial charge in [-0.05, 0) is 51.8 Å². The molecule has 1 unspecified atom stereocenters. The number of carboxylic acids is 1. The lowest BCUT2D eigenvalue weighted by atomic mass is 10.0. The average molecular weight is 563 g/mol. The van der Waals surface area contributed by atoms with Crippen molar-refractivity contribution in [2.45, 2.75) is 12.5 Å². The van der Waals surface area contributed by atoms with Crippen LogP contribution in [0.1, 0.15) is 26.3 Å². The number of aliphatic carboxylic acids is 1. The lowest BCUT2D eigenvalue weighted by molar-refractivity contribution is -0.384. The Morgan fingerprint density at radius 2 is 1.70 bits per heavy atom. The number of nitrogens with zero attached hydrogens (tertiary/aromatic N) is 2. The number of nitro benzene ring substituents is 1. The van der Waals surface area contributed by atoms with Crippen LogP contribution in [0.2, 0.25) is 0 Å². The predicted octanol–water partition coefficient (Wildman–Crippen LogP) is 4.58. The summed E-state index contributed by atoms with van der Waals surface area (Å²) >= 11 is 3.16. The van der Waals surface area contributed by atoms with Crippen LogP contribution in [0.25, 0.3) is 10.9 Å². The van der Waals surface area contributed by atoms with E-state index in [0.717, 1.165) is 11.5 Å². The molecule has 3 aromatic carbocycles. The number of carbonyl (C=O) groups excluding carboxylic acids is 2. The number of anilines is 1. The third-order valence-electron chi connectivity index (χ3n) is 5.55. The molecule has 10 nitrogen and oxygen atoms in total. The molecule has 4 aromatic rings. The molecule has 186 valence electrons. The van der Waals surface area contributed by atoms with Crippen LogP contribution in [0.3, 0.4) is 0 Å². The lowest BCUT2D eigenvalue weighted by Crippen LogP contribution is -2.42. The van der Waals surface area contributed by atoms with Gasteiger partial charge in [0.05, 0.1) is 21.6 Å². The number of nitrogens with one attached hydrogen (secondary N) is 2. The van der Waals surface area contributed by atoms with Gasteiger partial charge in [-0.2, -0.15) is 0 Å². The third-order valence-corrected chi connectivity index (χ3v) is 6.25. The molecule has 2 amide bonds. The third kappa shape index (κ3) is 5.96. The summed E-state index contributed by atoms with van der Waals surface area (Å²) in [6, 6.07) is 17.8. The first-order valence-electron chi connectivity index (χ1n) is 10.9. The number of halogens is 1. The summed E-state index contributed by atoms with van der Waals surface area (Å²) in [6.45, 7) is 0. The van der Waals surface area contributed by atoms with Crippen LogP contribution in [0.15, 0.2) is 83.5 Å². The van der Waals surface area contributed by atoms with E-state index in [2.05, 4.69) is 31.5 Å². The van der Waals surface area contributed by atoms with Crippen molar-refractivity contribution in [3.63, 3.8) is 0 Å². The van der Waals surface area contributed by atoms with E-state index in [1.807, 2.05) is 24.3 Å². The zero-order valence-corrected chi connectivity index (χ0v) is 20.6. The molecule has 0 saturated carbocycles. The Bertz CT molecular complexity index is 1520. The summed E-state index contributed by atoms with van der Waals surface area (Å²) in [5.41, 5.74) is 1.92. The number of carboxylic acid groups (broad SMARTS) is 1. The fourth-order valence-corrected chi connectivity index (χ4v) is 4.12. The molecule has 0 fully saturated rings. The Labute approximate surface area is 218 Å². The van der Waals surface area contributed by atoms with E-state index >= 15 is 0 Å². The monoisotopic (exact) mass is 562 g/mol. The van der Waals surface area contributed by atoms with Gasteiger partial charge in [0.15, 0.2) is 0 Å². The Morgan fingerprint density at radius 1 is 0.973 bits per heavy atom. The number of amides is 2. The molecule has 4 rings (SSSR count). The summed E-state index contributed by atoms with van der Waals surface area (Å²) in [4.78, 5) is 51.9. The minimum absolute atomic E-state index is 0.0448. The van der Waals surface area contributed by atoms with E-state index in [-0.39, 0.29) is 23.6 Å².